The lowest BCUT2D eigenvalue weighted by atomic mass is 10.2. The van der Waals surface area contributed by atoms with Crippen LogP contribution in [-0.4, -0.2) is 38.5 Å². The lowest BCUT2D eigenvalue weighted by molar-refractivity contribution is -0.153. The summed E-state index contributed by atoms with van der Waals surface area (Å²) in [7, 11) is -3.40. The average Bonchev–Trinajstić information content (AvgIpc) is 2.52. The third-order valence-corrected chi connectivity index (χ3v) is 4.15. The van der Waals surface area contributed by atoms with Crippen molar-refractivity contribution in [3.8, 4) is 17.2 Å². The molecule has 1 N–H and O–H groups in total. The second-order valence-corrected chi connectivity index (χ2v) is 7.26. The van der Waals surface area contributed by atoms with Crippen molar-refractivity contribution >= 4 is 15.8 Å². The summed E-state index contributed by atoms with van der Waals surface area (Å²) in [6.45, 7) is -1.58. The molecule has 0 unspecified atom stereocenters. The molecule has 0 spiro atoms. The molecule has 0 radical (unpaired) electrons. The van der Waals surface area contributed by atoms with Gasteiger partial charge in [-0.25, -0.2) is 13.2 Å². The maximum Gasteiger partial charge on any atom is 0.422 e. The number of carbonyl (C=O) groups is 1. The Kier molecular flexibility index (Phi) is 5.45. The molecule has 0 amide bonds. The molecule has 6 nitrogen and oxygen atoms in total. The van der Waals surface area contributed by atoms with Crippen LogP contribution in [0.3, 0.4) is 0 Å². The van der Waals surface area contributed by atoms with Gasteiger partial charge in [-0.2, -0.15) is 13.2 Å². The Morgan fingerprint density at radius 1 is 1.04 bits per heavy atom. The fourth-order valence-electron chi connectivity index (χ4n) is 1.89. The van der Waals surface area contributed by atoms with E-state index in [9.17, 15) is 26.4 Å². The van der Waals surface area contributed by atoms with Gasteiger partial charge in [0.1, 0.15) is 17.2 Å². The van der Waals surface area contributed by atoms with Crippen LogP contribution in [0.15, 0.2) is 47.4 Å². The van der Waals surface area contributed by atoms with Crippen LogP contribution < -0.4 is 9.47 Å². The number of ether oxygens (including phenoxy) is 2. The number of sulfone groups is 1. The summed E-state index contributed by atoms with van der Waals surface area (Å²) in [5.74, 6) is -1.61. The Bertz CT molecular complexity index is 905. The molecule has 10 heteroatoms. The van der Waals surface area contributed by atoms with Crippen LogP contribution in [0.25, 0.3) is 0 Å². The minimum atomic E-state index is -4.58. The lowest BCUT2D eigenvalue weighted by Crippen LogP contribution is -2.19. The van der Waals surface area contributed by atoms with E-state index in [4.69, 9.17) is 9.84 Å². The Hall–Kier alpha value is -2.75. The van der Waals surface area contributed by atoms with Crippen LogP contribution in [0.4, 0.5) is 13.2 Å². The molecule has 2 aromatic rings. The SMILES string of the molecule is CS(=O)(=O)c1ccc(Oc2cc(OCC(F)(F)F)cc(C(=O)O)c2)cc1. The molecule has 0 fully saturated rings. The number of rotatable bonds is 6. The molecular formula is C16H13F3O6S. The highest BCUT2D eigenvalue weighted by Gasteiger charge is 2.28. The van der Waals surface area contributed by atoms with Gasteiger partial charge >= 0.3 is 12.1 Å². The van der Waals surface area contributed by atoms with Gasteiger partial charge in [0.15, 0.2) is 16.4 Å². The van der Waals surface area contributed by atoms with Crippen LogP contribution in [0.2, 0.25) is 0 Å². The van der Waals surface area contributed by atoms with E-state index in [1.54, 1.807) is 0 Å². The molecule has 0 saturated heterocycles. The van der Waals surface area contributed by atoms with E-state index in [1.807, 2.05) is 0 Å². The summed E-state index contributed by atoms with van der Waals surface area (Å²) in [6, 6.07) is 8.38. The van der Waals surface area contributed by atoms with Gasteiger partial charge in [-0.05, 0) is 36.4 Å². The van der Waals surface area contributed by atoms with Gasteiger partial charge < -0.3 is 14.6 Å². The van der Waals surface area contributed by atoms with Crippen LogP contribution in [-0.2, 0) is 9.84 Å². The van der Waals surface area contributed by atoms with Crippen molar-refractivity contribution < 1.29 is 41.0 Å². The van der Waals surface area contributed by atoms with Crippen molar-refractivity contribution in [2.24, 2.45) is 0 Å². The molecule has 0 aliphatic carbocycles. The van der Waals surface area contributed by atoms with E-state index in [0.717, 1.165) is 24.5 Å². The van der Waals surface area contributed by atoms with Gasteiger partial charge in [-0.1, -0.05) is 0 Å². The molecule has 0 heterocycles. The molecule has 0 bridgehead atoms. The fraction of sp³-hybridized carbons (Fsp3) is 0.188. The highest BCUT2D eigenvalue weighted by atomic mass is 32.2. The summed E-state index contributed by atoms with van der Waals surface area (Å²) in [6.07, 6.45) is -3.55. The zero-order valence-electron chi connectivity index (χ0n) is 13.3. The molecule has 0 aromatic heterocycles. The summed E-state index contributed by atoms with van der Waals surface area (Å²) in [5, 5.41) is 9.05. The maximum atomic E-state index is 12.3. The number of carboxylic acids is 1. The molecule has 140 valence electrons. The first kappa shape index (κ1) is 19.6. The fourth-order valence-corrected chi connectivity index (χ4v) is 2.52. The van der Waals surface area contributed by atoms with Gasteiger partial charge in [0.25, 0.3) is 0 Å². The van der Waals surface area contributed by atoms with E-state index < -0.39 is 28.6 Å². The monoisotopic (exact) mass is 390 g/mol. The number of carboxylic acid groups (broad SMARTS) is 1. The number of aromatic carboxylic acids is 1. The predicted molar refractivity (Wildman–Crippen MR) is 84.6 cm³/mol. The van der Waals surface area contributed by atoms with Gasteiger partial charge in [0.2, 0.25) is 0 Å². The predicted octanol–water partition coefficient (Wildman–Crippen LogP) is 3.52. The molecular weight excluding hydrogens is 377 g/mol. The minimum absolute atomic E-state index is 0.0540. The molecule has 2 rings (SSSR count). The number of hydrogen-bond donors (Lipinski definition) is 1. The average molecular weight is 390 g/mol. The molecule has 26 heavy (non-hydrogen) atoms. The van der Waals surface area contributed by atoms with Crippen LogP contribution >= 0.6 is 0 Å². The summed E-state index contributed by atoms with van der Waals surface area (Å²) < 4.78 is 69.5. The van der Waals surface area contributed by atoms with Gasteiger partial charge in [-0.3, -0.25) is 0 Å². The number of hydrogen-bond acceptors (Lipinski definition) is 5. The quantitative estimate of drug-likeness (QED) is 0.812. The number of alkyl halides is 3. The van der Waals surface area contributed by atoms with Crippen molar-refractivity contribution in [2.45, 2.75) is 11.1 Å². The van der Waals surface area contributed by atoms with Gasteiger partial charge in [-0.15, -0.1) is 0 Å². The Morgan fingerprint density at radius 3 is 2.12 bits per heavy atom. The van der Waals surface area contributed by atoms with E-state index in [-0.39, 0.29) is 27.7 Å². The van der Waals surface area contributed by atoms with Crippen LogP contribution in [0.1, 0.15) is 10.4 Å². The van der Waals surface area contributed by atoms with E-state index >= 15 is 0 Å². The highest BCUT2D eigenvalue weighted by molar-refractivity contribution is 7.90. The van der Waals surface area contributed by atoms with Gasteiger partial charge in [0, 0.05) is 12.3 Å². The first-order chi connectivity index (χ1) is 11.9. The summed E-state index contributed by atoms with van der Waals surface area (Å²) in [4.78, 5) is 11.2. The number of halogens is 3. The lowest BCUT2D eigenvalue weighted by Gasteiger charge is -2.12. The third kappa shape index (κ3) is 5.66. The highest BCUT2D eigenvalue weighted by Crippen LogP contribution is 2.29. The first-order valence-electron chi connectivity index (χ1n) is 7.00. The molecule has 0 aliphatic rings. The van der Waals surface area contributed by atoms with Crippen molar-refractivity contribution in [1.29, 1.82) is 0 Å². The molecule has 2 aromatic carbocycles. The van der Waals surface area contributed by atoms with Crippen molar-refractivity contribution in [3.63, 3.8) is 0 Å². The largest absolute Gasteiger partial charge is 0.484 e. The molecule has 0 saturated carbocycles. The first-order valence-corrected chi connectivity index (χ1v) is 8.89. The third-order valence-electron chi connectivity index (χ3n) is 3.02. The van der Waals surface area contributed by atoms with Crippen LogP contribution in [0, 0.1) is 0 Å². The van der Waals surface area contributed by atoms with Crippen molar-refractivity contribution in [3.05, 3.63) is 48.0 Å². The molecule has 0 atom stereocenters. The zero-order chi connectivity index (χ0) is 19.5. The Morgan fingerprint density at radius 2 is 1.62 bits per heavy atom. The van der Waals surface area contributed by atoms with E-state index in [2.05, 4.69) is 4.74 Å². The Labute approximate surface area is 146 Å². The van der Waals surface area contributed by atoms with Gasteiger partial charge in [0.05, 0.1) is 10.5 Å². The second-order valence-electron chi connectivity index (χ2n) is 5.25. The summed E-state index contributed by atoms with van der Waals surface area (Å²) >= 11 is 0. The molecule has 0 aliphatic heterocycles. The zero-order valence-corrected chi connectivity index (χ0v) is 14.1. The Balaban J connectivity index is 2.27. The minimum Gasteiger partial charge on any atom is -0.484 e. The standard InChI is InChI=1S/C16H13F3O6S/c1-26(22,23)14-4-2-11(3-5-14)25-13-7-10(15(20)21)6-12(8-13)24-9-16(17,18)19/h2-8H,9H2,1H3,(H,20,21). The smallest absolute Gasteiger partial charge is 0.422 e. The van der Waals surface area contributed by atoms with E-state index in [0.29, 0.717) is 0 Å². The van der Waals surface area contributed by atoms with Crippen molar-refractivity contribution in [2.75, 3.05) is 12.9 Å². The van der Waals surface area contributed by atoms with E-state index in [1.165, 1.54) is 24.3 Å². The second kappa shape index (κ2) is 7.24. The summed E-state index contributed by atoms with van der Waals surface area (Å²) in [5.41, 5.74) is -0.326. The number of benzene rings is 2. The van der Waals surface area contributed by atoms with Crippen LogP contribution in [0.5, 0.6) is 17.2 Å². The topological polar surface area (TPSA) is 89.9 Å². The normalized spacial score (nSPS) is 11.8. The van der Waals surface area contributed by atoms with Crippen molar-refractivity contribution in [1.82, 2.24) is 0 Å². The maximum absolute atomic E-state index is 12.3.